The molecule has 82 valence electrons. The van der Waals surface area contributed by atoms with Gasteiger partial charge < -0.3 is 11.1 Å². The van der Waals surface area contributed by atoms with Crippen molar-refractivity contribution in [1.29, 1.82) is 0 Å². The molecule has 0 heterocycles. The summed E-state index contributed by atoms with van der Waals surface area (Å²) in [6.45, 7) is 6.17. The van der Waals surface area contributed by atoms with Crippen LogP contribution in [0.5, 0.6) is 0 Å². The number of amides is 1. The van der Waals surface area contributed by atoms with E-state index < -0.39 is 6.04 Å². The Kier molecular flexibility index (Phi) is 3.53. The minimum absolute atomic E-state index is 0.0232. The number of nitrogens with one attached hydrogen (secondary N) is 1. The second-order valence-electron chi connectivity index (χ2n) is 5.08. The quantitative estimate of drug-likeness (QED) is 0.705. The zero-order chi connectivity index (χ0) is 10.8. The van der Waals surface area contributed by atoms with Gasteiger partial charge in [0.1, 0.15) is 0 Å². The molecule has 1 fully saturated rings. The summed E-state index contributed by atoms with van der Waals surface area (Å²) in [7, 11) is 0. The fourth-order valence-corrected chi connectivity index (χ4v) is 2.06. The lowest BCUT2D eigenvalue weighted by atomic mass is 9.73. The van der Waals surface area contributed by atoms with Crippen molar-refractivity contribution in [2.45, 2.75) is 58.5 Å². The van der Waals surface area contributed by atoms with Crippen LogP contribution in [0.4, 0.5) is 0 Å². The predicted octanol–water partition coefficient (Wildman–Crippen LogP) is 1.42. The van der Waals surface area contributed by atoms with E-state index in [0.29, 0.717) is 6.04 Å². The number of carbonyl (C=O) groups is 1. The molecule has 1 rings (SSSR count). The Hall–Kier alpha value is -0.570. The summed E-state index contributed by atoms with van der Waals surface area (Å²) in [6.07, 6.45) is 4.77. The van der Waals surface area contributed by atoms with Gasteiger partial charge in [-0.2, -0.15) is 0 Å². The molecule has 3 nitrogen and oxygen atoms in total. The van der Waals surface area contributed by atoms with Gasteiger partial charge in [-0.1, -0.05) is 26.7 Å². The highest BCUT2D eigenvalue weighted by Crippen LogP contribution is 2.35. The first-order valence-electron chi connectivity index (χ1n) is 5.49. The van der Waals surface area contributed by atoms with Crippen molar-refractivity contribution in [2.24, 2.45) is 11.1 Å². The van der Waals surface area contributed by atoms with Crippen LogP contribution in [0.15, 0.2) is 0 Å². The summed E-state index contributed by atoms with van der Waals surface area (Å²) < 4.78 is 0. The number of carbonyl (C=O) groups excluding carboxylic acids is 1. The fraction of sp³-hybridized carbons (Fsp3) is 0.909. The molecule has 1 saturated carbocycles. The standard InChI is InChI=1S/C11H22N2O/c1-8(12)10(14)13-9-6-4-5-7-11(9,2)3/h8-9H,4-7,12H2,1-3H3,(H,13,14)/t8-,9?/m0/s1. The minimum Gasteiger partial charge on any atom is -0.351 e. The van der Waals surface area contributed by atoms with Gasteiger partial charge in [0, 0.05) is 6.04 Å². The molecule has 1 unspecified atom stereocenters. The maximum Gasteiger partial charge on any atom is 0.236 e. The number of nitrogens with two attached hydrogens (primary N) is 1. The predicted molar refractivity (Wildman–Crippen MR) is 57.8 cm³/mol. The number of hydrogen-bond acceptors (Lipinski definition) is 2. The van der Waals surface area contributed by atoms with E-state index in [1.54, 1.807) is 6.92 Å². The van der Waals surface area contributed by atoms with Crippen molar-refractivity contribution in [3.05, 3.63) is 0 Å². The molecule has 0 radical (unpaired) electrons. The largest absolute Gasteiger partial charge is 0.351 e. The summed E-state index contributed by atoms with van der Waals surface area (Å²) in [4.78, 5) is 11.5. The van der Waals surface area contributed by atoms with Crippen molar-refractivity contribution < 1.29 is 4.79 Å². The van der Waals surface area contributed by atoms with Gasteiger partial charge in [0.15, 0.2) is 0 Å². The van der Waals surface area contributed by atoms with Crippen LogP contribution >= 0.6 is 0 Å². The minimum atomic E-state index is -0.396. The van der Waals surface area contributed by atoms with Crippen LogP contribution in [-0.2, 0) is 4.79 Å². The van der Waals surface area contributed by atoms with E-state index in [4.69, 9.17) is 5.73 Å². The molecule has 14 heavy (non-hydrogen) atoms. The third kappa shape index (κ3) is 2.71. The van der Waals surface area contributed by atoms with Crippen LogP contribution in [0.25, 0.3) is 0 Å². The Bertz CT molecular complexity index is 211. The molecule has 0 aromatic heterocycles. The lowest BCUT2D eigenvalue weighted by molar-refractivity contribution is -0.123. The van der Waals surface area contributed by atoms with Crippen molar-refractivity contribution >= 4 is 5.91 Å². The molecule has 2 atom stereocenters. The highest BCUT2D eigenvalue weighted by atomic mass is 16.2. The van der Waals surface area contributed by atoms with Gasteiger partial charge in [-0.25, -0.2) is 0 Å². The van der Waals surface area contributed by atoms with Crippen molar-refractivity contribution in [3.8, 4) is 0 Å². The van der Waals surface area contributed by atoms with Gasteiger partial charge in [0.25, 0.3) is 0 Å². The van der Waals surface area contributed by atoms with E-state index >= 15 is 0 Å². The Morgan fingerprint density at radius 2 is 2.14 bits per heavy atom. The van der Waals surface area contributed by atoms with Crippen molar-refractivity contribution in [3.63, 3.8) is 0 Å². The van der Waals surface area contributed by atoms with Crippen LogP contribution in [0.2, 0.25) is 0 Å². The van der Waals surface area contributed by atoms with Gasteiger partial charge in [-0.05, 0) is 25.2 Å². The topological polar surface area (TPSA) is 55.1 Å². The summed E-state index contributed by atoms with van der Waals surface area (Å²) in [5.74, 6) is -0.0232. The molecule has 0 aliphatic heterocycles. The summed E-state index contributed by atoms with van der Waals surface area (Å²) in [5, 5.41) is 3.04. The lowest BCUT2D eigenvalue weighted by Crippen LogP contribution is -2.51. The second kappa shape index (κ2) is 4.30. The molecule has 1 amide bonds. The Morgan fingerprint density at radius 1 is 1.50 bits per heavy atom. The van der Waals surface area contributed by atoms with Gasteiger partial charge in [0.2, 0.25) is 5.91 Å². The highest BCUT2D eigenvalue weighted by Gasteiger charge is 2.33. The van der Waals surface area contributed by atoms with E-state index in [1.165, 1.54) is 19.3 Å². The van der Waals surface area contributed by atoms with E-state index in [1.807, 2.05) is 0 Å². The lowest BCUT2D eigenvalue weighted by Gasteiger charge is -2.39. The van der Waals surface area contributed by atoms with E-state index in [2.05, 4.69) is 19.2 Å². The summed E-state index contributed by atoms with van der Waals surface area (Å²) in [5.41, 5.74) is 5.75. The molecule has 0 aromatic rings. The first kappa shape index (κ1) is 11.5. The van der Waals surface area contributed by atoms with E-state index in [0.717, 1.165) is 6.42 Å². The molecule has 0 aromatic carbocycles. The van der Waals surface area contributed by atoms with Crippen LogP contribution < -0.4 is 11.1 Å². The average Bonchev–Trinajstić information content (AvgIpc) is 2.08. The van der Waals surface area contributed by atoms with Gasteiger partial charge in [-0.15, -0.1) is 0 Å². The number of hydrogen-bond donors (Lipinski definition) is 2. The smallest absolute Gasteiger partial charge is 0.236 e. The van der Waals surface area contributed by atoms with Crippen LogP contribution in [0, 0.1) is 5.41 Å². The summed E-state index contributed by atoms with van der Waals surface area (Å²) >= 11 is 0. The molecule has 0 bridgehead atoms. The Morgan fingerprint density at radius 3 is 2.64 bits per heavy atom. The Balaban J connectivity index is 2.54. The van der Waals surface area contributed by atoms with Crippen molar-refractivity contribution in [2.75, 3.05) is 0 Å². The van der Waals surface area contributed by atoms with Crippen LogP contribution in [-0.4, -0.2) is 18.0 Å². The molecular formula is C11H22N2O. The van der Waals surface area contributed by atoms with Crippen LogP contribution in [0.3, 0.4) is 0 Å². The first-order chi connectivity index (χ1) is 6.43. The van der Waals surface area contributed by atoms with Crippen molar-refractivity contribution in [1.82, 2.24) is 5.32 Å². The van der Waals surface area contributed by atoms with E-state index in [-0.39, 0.29) is 11.3 Å². The molecule has 3 N–H and O–H groups in total. The van der Waals surface area contributed by atoms with Gasteiger partial charge in [-0.3, -0.25) is 4.79 Å². The monoisotopic (exact) mass is 198 g/mol. The molecular weight excluding hydrogens is 176 g/mol. The highest BCUT2D eigenvalue weighted by molar-refractivity contribution is 5.81. The van der Waals surface area contributed by atoms with Gasteiger partial charge >= 0.3 is 0 Å². The molecule has 1 aliphatic carbocycles. The normalized spacial score (nSPS) is 28.1. The summed E-state index contributed by atoms with van der Waals surface area (Å²) in [6, 6.07) is -0.0949. The third-order valence-electron chi connectivity index (χ3n) is 3.24. The molecule has 0 saturated heterocycles. The molecule has 0 spiro atoms. The maximum atomic E-state index is 11.5. The third-order valence-corrected chi connectivity index (χ3v) is 3.24. The maximum absolute atomic E-state index is 11.5. The number of rotatable bonds is 2. The first-order valence-corrected chi connectivity index (χ1v) is 5.49. The SMILES string of the molecule is C[C@H](N)C(=O)NC1CCCCC1(C)C. The second-order valence-corrected chi connectivity index (χ2v) is 5.08. The van der Waals surface area contributed by atoms with E-state index in [9.17, 15) is 4.79 Å². The zero-order valence-corrected chi connectivity index (χ0v) is 9.47. The van der Waals surface area contributed by atoms with Gasteiger partial charge in [0.05, 0.1) is 6.04 Å². The Labute approximate surface area is 86.4 Å². The average molecular weight is 198 g/mol. The fourth-order valence-electron chi connectivity index (χ4n) is 2.06. The molecule has 3 heteroatoms. The zero-order valence-electron chi connectivity index (χ0n) is 9.47. The molecule has 1 aliphatic rings. The van der Waals surface area contributed by atoms with Crippen LogP contribution in [0.1, 0.15) is 46.5 Å².